The number of nitrogens with one attached hydrogen (secondary N) is 1. The topological polar surface area (TPSA) is 100 Å². The molecule has 0 saturated carbocycles. The lowest BCUT2D eigenvalue weighted by molar-refractivity contribution is -0.270. The summed E-state index contributed by atoms with van der Waals surface area (Å²) in [7, 11) is -4.76. The fourth-order valence-electron chi connectivity index (χ4n) is 1.30. The van der Waals surface area contributed by atoms with Gasteiger partial charge in [0.05, 0.1) is 11.1 Å². The number of benzene rings is 1. The van der Waals surface area contributed by atoms with E-state index in [9.17, 15) is 34.8 Å². The van der Waals surface area contributed by atoms with Gasteiger partial charge in [0.2, 0.25) is 0 Å². The van der Waals surface area contributed by atoms with E-state index < -0.39 is 44.4 Å². The molecule has 5 N–H and O–H groups in total. The van der Waals surface area contributed by atoms with Gasteiger partial charge in [0.15, 0.2) is 0 Å². The second-order valence-corrected chi connectivity index (χ2v) is 5.48. The van der Waals surface area contributed by atoms with Crippen LogP contribution in [0.15, 0.2) is 23.1 Å². The minimum Gasteiger partial charge on any atom is -0.290 e. The maximum absolute atomic E-state index is 12.5. The monoisotopic (exact) mass is 336 g/mol. The molecule has 118 valence electrons. The number of sulfonamides is 1. The average molecular weight is 336 g/mol. The highest BCUT2D eigenvalue weighted by molar-refractivity contribution is 7.84. The highest BCUT2D eigenvalue weighted by atomic mass is 32.2. The molecule has 1 aromatic rings. The molecule has 0 aliphatic carbocycles. The summed E-state index contributed by atoms with van der Waals surface area (Å²) < 4.78 is 99.8. The molecule has 0 atom stereocenters. The van der Waals surface area contributed by atoms with Gasteiger partial charge in [-0.2, -0.15) is 39.2 Å². The predicted molar refractivity (Wildman–Crippen MR) is 58.0 cm³/mol. The van der Waals surface area contributed by atoms with Crippen molar-refractivity contribution >= 4 is 16.0 Å². The Labute approximate surface area is 114 Å². The highest BCUT2D eigenvalue weighted by Gasteiger charge is 2.38. The lowest BCUT2D eigenvalue weighted by Crippen LogP contribution is -2.80. The third kappa shape index (κ3) is 4.24. The van der Waals surface area contributed by atoms with Crippen LogP contribution in [0.3, 0.4) is 0 Å². The maximum atomic E-state index is 12.5. The standard InChI is InChI=1S/C9H7F6N3O2S/c10-8(11,12)4-1-5(9(13,14)15)3-6(2-4)21(19,20)18-7(16)17/h1-3H,(H4,16,17,18)/p+1. The van der Waals surface area contributed by atoms with Gasteiger partial charge in [0, 0.05) is 0 Å². The van der Waals surface area contributed by atoms with Gasteiger partial charge in [-0.1, -0.05) is 0 Å². The quantitative estimate of drug-likeness (QED) is 0.394. The van der Waals surface area contributed by atoms with Crippen molar-refractivity contribution in [2.75, 3.05) is 0 Å². The van der Waals surface area contributed by atoms with E-state index in [2.05, 4.69) is 0 Å². The summed E-state index contributed by atoms with van der Waals surface area (Å²) in [6, 6.07) is -0.116. The normalized spacial score (nSPS) is 13.0. The minimum absolute atomic E-state index is 0.0422. The molecule has 12 heteroatoms. The molecule has 0 aromatic heterocycles. The van der Waals surface area contributed by atoms with Gasteiger partial charge in [0.1, 0.15) is 4.90 Å². The zero-order valence-electron chi connectivity index (χ0n) is 9.88. The molecule has 5 nitrogen and oxygen atoms in total. The van der Waals surface area contributed by atoms with Crippen molar-refractivity contribution < 1.29 is 39.2 Å². The highest BCUT2D eigenvalue weighted by Crippen LogP contribution is 2.36. The maximum Gasteiger partial charge on any atom is 0.416 e. The molecule has 1 rings (SSSR count). The summed E-state index contributed by atoms with van der Waals surface area (Å²) in [5.74, 6) is -0.902. The molecule has 0 bridgehead atoms. The molecule has 0 aliphatic heterocycles. The summed E-state index contributed by atoms with van der Waals surface area (Å²) in [4.78, 5) is -1.27. The minimum atomic E-state index is -5.16. The van der Waals surface area contributed by atoms with Crippen molar-refractivity contribution in [3.05, 3.63) is 29.3 Å². The Morgan fingerprint density at radius 3 is 1.57 bits per heavy atom. The SMILES string of the molecule is NC(N)=[NH+]S(=O)(=O)c1cc(C(F)(F)F)cc(C(F)(F)F)c1. The van der Waals surface area contributed by atoms with Crippen LogP contribution in [0.1, 0.15) is 11.1 Å². The van der Waals surface area contributed by atoms with Gasteiger partial charge in [-0.3, -0.25) is 11.5 Å². The Hall–Kier alpha value is -1.98. The molecule has 0 heterocycles. The number of halogens is 6. The van der Waals surface area contributed by atoms with Crippen LogP contribution in [0.5, 0.6) is 0 Å². The molecule has 0 aliphatic rings. The number of nitrogens with two attached hydrogens (primary N) is 2. The van der Waals surface area contributed by atoms with Crippen LogP contribution in [0.2, 0.25) is 0 Å². The van der Waals surface area contributed by atoms with Crippen molar-refractivity contribution in [3.63, 3.8) is 0 Å². The van der Waals surface area contributed by atoms with Gasteiger partial charge >= 0.3 is 28.3 Å². The van der Waals surface area contributed by atoms with Crippen molar-refractivity contribution in [2.24, 2.45) is 11.5 Å². The molecule has 0 amide bonds. The van der Waals surface area contributed by atoms with Crippen LogP contribution in [0, 0.1) is 0 Å². The smallest absolute Gasteiger partial charge is 0.290 e. The fourth-order valence-corrected chi connectivity index (χ4v) is 2.29. The van der Waals surface area contributed by atoms with Crippen LogP contribution in [-0.4, -0.2) is 14.4 Å². The molecule has 1 aromatic carbocycles. The fraction of sp³-hybridized carbons (Fsp3) is 0.222. The molecule has 0 radical (unpaired) electrons. The molecule has 0 spiro atoms. The van der Waals surface area contributed by atoms with Crippen molar-refractivity contribution in [1.82, 2.24) is 0 Å². The van der Waals surface area contributed by atoms with Crippen molar-refractivity contribution in [3.8, 4) is 0 Å². The zero-order chi connectivity index (χ0) is 16.6. The van der Waals surface area contributed by atoms with E-state index in [0.29, 0.717) is 0 Å². The zero-order valence-corrected chi connectivity index (χ0v) is 10.7. The van der Waals surface area contributed by atoms with Crippen molar-refractivity contribution in [2.45, 2.75) is 17.2 Å². The average Bonchev–Trinajstić information content (AvgIpc) is 2.24. The molecule has 0 unspecified atom stereocenters. The molecule has 21 heavy (non-hydrogen) atoms. The number of hydrogen-bond acceptors (Lipinski definition) is 2. The van der Waals surface area contributed by atoms with Crippen LogP contribution < -0.4 is 15.9 Å². The van der Waals surface area contributed by atoms with Crippen LogP contribution >= 0.6 is 0 Å². The van der Waals surface area contributed by atoms with Gasteiger partial charge in [-0.15, -0.1) is 0 Å². The molecular formula is C9H8F6N3O2S+. The predicted octanol–water partition coefficient (Wildman–Crippen LogP) is -0.233. The van der Waals surface area contributed by atoms with E-state index in [1.165, 1.54) is 4.40 Å². The third-order valence-electron chi connectivity index (χ3n) is 2.12. The summed E-state index contributed by atoms with van der Waals surface area (Å²) in [6.45, 7) is 0. The van der Waals surface area contributed by atoms with Crippen LogP contribution in [-0.2, 0) is 22.4 Å². The first-order valence-corrected chi connectivity index (χ1v) is 6.42. The molecular weight excluding hydrogens is 328 g/mol. The molecule has 0 fully saturated rings. The number of alkyl halides is 6. The summed E-state index contributed by atoms with van der Waals surface area (Å²) in [5.41, 5.74) is 6.11. The number of hydrogen-bond donors (Lipinski definition) is 3. The van der Waals surface area contributed by atoms with E-state index in [1.54, 1.807) is 0 Å². The van der Waals surface area contributed by atoms with Crippen LogP contribution in [0.25, 0.3) is 0 Å². The number of guanidine groups is 1. The van der Waals surface area contributed by atoms with E-state index >= 15 is 0 Å². The Balaban J connectivity index is 3.65. The lowest BCUT2D eigenvalue weighted by atomic mass is 10.1. The summed E-state index contributed by atoms with van der Waals surface area (Å²) in [6.07, 6.45) is -10.3. The second-order valence-electron chi connectivity index (χ2n) is 3.80. The van der Waals surface area contributed by atoms with Crippen LogP contribution in [0.4, 0.5) is 26.3 Å². The second kappa shape index (κ2) is 5.09. The lowest BCUT2D eigenvalue weighted by Gasteiger charge is -2.13. The Morgan fingerprint density at radius 1 is 0.905 bits per heavy atom. The Kier molecular flexibility index (Phi) is 4.14. The van der Waals surface area contributed by atoms with Gasteiger partial charge in [0.25, 0.3) is 0 Å². The van der Waals surface area contributed by atoms with E-state index in [0.717, 1.165) is 0 Å². The molecule has 0 saturated heterocycles. The largest absolute Gasteiger partial charge is 0.416 e. The van der Waals surface area contributed by atoms with E-state index in [-0.39, 0.29) is 18.2 Å². The van der Waals surface area contributed by atoms with E-state index in [1.807, 2.05) is 0 Å². The van der Waals surface area contributed by atoms with Crippen molar-refractivity contribution in [1.29, 1.82) is 0 Å². The van der Waals surface area contributed by atoms with Gasteiger partial charge in [-0.05, 0) is 18.2 Å². The first-order chi connectivity index (χ1) is 9.23. The first-order valence-electron chi connectivity index (χ1n) is 4.93. The van der Waals surface area contributed by atoms with Gasteiger partial charge < -0.3 is 0 Å². The number of rotatable bonds is 2. The van der Waals surface area contributed by atoms with Gasteiger partial charge in [-0.25, -0.2) is 0 Å². The van der Waals surface area contributed by atoms with E-state index in [4.69, 9.17) is 11.5 Å². The Bertz CT molecular complexity index is 641. The Morgan fingerprint density at radius 2 is 1.29 bits per heavy atom. The third-order valence-corrected chi connectivity index (χ3v) is 3.48. The first kappa shape index (κ1) is 17.1. The summed E-state index contributed by atoms with van der Waals surface area (Å²) in [5, 5.41) is 0. The summed E-state index contributed by atoms with van der Waals surface area (Å²) >= 11 is 0.